The molecule has 0 atom stereocenters. The van der Waals surface area contributed by atoms with E-state index in [1.165, 1.54) is 24.4 Å². The maximum absolute atomic E-state index is 13.5. The van der Waals surface area contributed by atoms with E-state index in [1.807, 2.05) is 217 Å². The molecule has 0 unspecified atom stereocenters. The third-order valence-corrected chi connectivity index (χ3v) is 18.6. The molecule has 0 fully saturated rings. The summed E-state index contributed by atoms with van der Waals surface area (Å²) in [6.07, 6.45) is 8.98. The van der Waals surface area contributed by atoms with Crippen LogP contribution >= 0.6 is 34.8 Å². The number of aromatic nitrogens is 9. The van der Waals surface area contributed by atoms with Crippen molar-refractivity contribution in [1.29, 1.82) is 0 Å². The monoisotopic (exact) mass is 1520 g/mol. The zero-order chi connectivity index (χ0) is 75.6. The molecular formula is C88H73Cl3F6N12. The first kappa shape index (κ1) is 82.0. The van der Waals surface area contributed by atoms with Crippen molar-refractivity contribution in [2.24, 2.45) is 5.11 Å². The van der Waals surface area contributed by atoms with Crippen LogP contribution in [-0.4, -0.2) is 45.4 Å². The van der Waals surface area contributed by atoms with Crippen LogP contribution in [0.15, 0.2) is 382 Å². The van der Waals surface area contributed by atoms with E-state index in [9.17, 15) is 31.9 Å². The molecule has 1 N–H and O–H groups in total. The number of rotatable bonds is 15. The Morgan fingerprint density at radius 3 is 0.945 bits per heavy atom. The lowest BCUT2D eigenvalue weighted by Crippen LogP contribution is -2.38. The van der Waals surface area contributed by atoms with E-state index in [2.05, 4.69) is 83.2 Å². The van der Waals surface area contributed by atoms with E-state index >= 15 is 0 Å². The first-order valence-corrected chi connectivity index (χ1v) is 34.1. The first-order chi connectivity index (χ1) is 52.1. The molecule has 0 aliphatic heterocycles. The maximum atomic E-state index is 13.5. The van der Waals surface area contributed by atoms with E-state index in [0.29, 0.717) is 26.7 Å². The van der Waals surface area contributed by atoms with Crippen LogP contribution in [0.1, 0.15) is 92.7 Å². The number of nitrogens with zero attached hydrogens (tertiary/aromatic N) is 11. The topological polar surface area (TPSA) is 152 Å². The number of nitrogens with one attached hydrogen (secondary N) is 1. The van der Waals surface area contributed by atoms with Gasteiger partial charge in [0.05, 0.1) is 35.9 Å². The van der Waals surface area contributed by atoms with E-state index in [4.69, 9.17) is 34.8 Å². The Labute approximate surface area is 644 Å². The van der Waals surface area contributed by atoms with Gasteiger partial charge in [0.25, 0.3) is 0 Å². The van der Waals surface area contributed by atoms with Crippen molar-refractivity contribution in [2.75, 3.05) is 0 Å². The lowest BCUT2D eigenvalue weighted by Gasteiger charge is -2.36. The molecule has 0 spiro atoms. The number of H-pyrrole nitrogens is 1. The smallest absolute Gasteiger partial charge is 0.233 e. The average Bonchev–Trinajstić information content (AvgIpc) is 1.74. The number of alkyl halides is 7. The highest BCUT2D eigenvalue weighted by molar-refractivity contribution is 6.35. The zero-order valence-electron chi connectivity index (χ0n) is 56.8. The van der Waals surface area contributed by atoms with Crippen LogP contribution < -0.4 is 0 Å². The lowest BCUT2D eigenvalue weighted by molar-refractivity contribution is -0.138. The number of hydrogen-bond donors (Lipinski definition) is 1. The summed E-state index contributed by atoms with van der Waals surface area (Å²) in [5, 5.41) is 31.2. The predicted molar refractivity (Wildman–Crippen MR) is 422 cm³/mol. The fourth-order valence-corrected chi connectivity index (χ4v) is 13.7. The second kappa shape index (κ2) is 38.6. The summed E-state index contributed by atoms with van der Waals surface area (Å²) in [5.74, 6) is 0. The van der Waals surface area contributed by atoms with E-state index in [1.54, 1.807) is 102 Å². The summed E-state index contributed by atoms with van der Waals surface area (Å²) in [5.41, 5.74) is 14.0. The maximum Gasteiger partial charge on any atom is 0.416 e. The normalized spacial score (nSPS) is 11.1. The van der Waals surface area contributed by atoms with Crippen LogP contribution in [0.3, 0.4) is 0 Å². The molecule has 15 aromatic rings. The van der Waals surface area contributed by atoms with Gasteiger partial charge in [-0.15, -0.1) is 34.6 Å². The number of benzene rings is 12. The van der Waals surface area contributed by atoms with E-state index in [0.717, 1.165) is 62.7 Å². The number of hydrogen-bond acceptors (Lipinski definition) is 7. The molecule has 12 nitrogen and oxygen atoms in total. The molecule has 3 heterocycles. The number of terminal acetylenes is 1. The van der Waals surface area contributed by atoms with E-state index in [-0.39, 0.29) is 20.4 Å². The zero-order valence-corrected chi connectivity index (χ0v) is 59.0. The molecule has 12 aromatic carbocycles. The summed E-state index contributed by atoms with van der Waals surface area (Å²) in [6.45, 7) is 0. The number of halogens is 9. The Balaban J connectivity index is 0.000000177. The van der Waals surface area contributed by atoms with Gasteiger partial charge < -0.3 is 0 Å². The summed E-state index contributed by atoms with van der Waals surface area (Å²) in [7, 11) is 0. The molecule has 3 aromatic heterocycles. The molecule has 0 bridgehead atoms. The molecule has 548 valence electrons. The molecule has 21 heteroatoms. The van der Waals surface area contributed by atoms with Gasteiger partial charge in [-0.2, -0.15) is 41.8 Å². The number of azide groups is 1. The van der Waals surface area contributed by atoms with Gasteiger partial charge in [-0.1, -0.05) is 363 Å². The molecule has 0 saturated carbocycles. The standard InChI is InChI=1S/C22H16F3N3.C21H16ClN3.C20H14F3N3.C19H14Cl2.C2H3N3.C2H2.2CH4/c23-22(24,25)20-13-7-12-19(16-20)21(28-15-14-26-27-28,17-8-3-1-4-9-17)18-10-5-2-6-11-18;22-20-14-8-7-13-19(20)21(25-16-15-23-24-25,17-9-3-1-4-10-17)18-11-5-2-6-12-18;21-20(22,23)18-13-7-12-17(14-18)19(25-26-24,15-8-3-1-4-9-15)16-10-5-2-6-11-16;20-18-14-8-7-13-17(18)19(21,15-9-3-1-4-10-15)16-11-5-2-6-12-16;1-2-4-5-3-1;1-2;;/h1-16H;1-16H;1-14H;1-14H;1-2H,(H,3,4,5);1-2H;2*1H4. The highest BCUT2D eigenvalue weighted by Gasteiger charge is 2.44. The van der Waals surface area contributed by atoms with Crippen molar-refractivity contribution >= 4 is 34.8 Å². The van der Waals surface area contributed by atoms with Gasteiger partial charge in [0, 0.05) is 38.5 Å². The largest absolute Gasteiger partial charge is 0.416 e. The predicted octanol–water partition coefficient (Wildman–Crippen LogP) is 23.4. The van der Waals surface area contributed by atoms with Gasteiger partial charge in [-0.05, 0) is 91.5 Å². The van der Waals surface area contributed by atoms with Crippen LogP contribution in [0.5, 0.6) is 0 Å². The van der Waals surface area contributed by atoms with Crippen molar-refractivity contribution in [3.8, 4) is 12.8 Å². The van der Waals surface area contributed by atoms with Crippen LogP contribution in [0, 0.1) is 12.8 Å². The van der Waals surface area contributed by atoms with Gasteiger partial charge in [0.2, 0.25) is 0 Å². The third kappa shape index (κ3) is 18.4. The number of aromatic amines is 1. The van der Waals surface area contributed by atoms with Crippen molar-refractivity contribution in [3.63, 3.8) is 0 Å². The second-order valence-corrected chi connectivity index (χ2v) is 24.8. The fraction of sp³-hybridized carbons (Fsp3) is 0.0909. The quantitative estimate of drug-likeness (QED) is 0.0205. The molecular weight excluding hydrogens is 1450 g/mol. The summed E-state index contributed by atoms with van der Waals surface area (Å²) >= 11 is 20.2. The lowest BCUT2D eigenvalue weighted by atomic mass is 9.76. The van der Waals surface area contributed by atoms with Crippen LogP contribution in [0.2, 0.25) is 10.0 Å². The van der Waals surface area contributed by atoms with Gasteiger partial charge >= 0.3 is 12.4 Å². The molecule has 15 rings (SSSR count). The van der Waals surface area contributed by atoms with Crippen LogP contribution in [0.4, 0.5) is 26.3 Å². The van der Waals surface area contributed by atoms with Gasteiger partial charge in [0.15, 0.2) is 0 Å². The van der Waals surface area contributed by atoms with Gasteiger partial charge in [-0.3, -0.25) is 0 Å². The minimum atomic E-state index is -4.49. The average molecular weight is 1520 g/mol. The van der Waals surface area contributed by atoms with Crippen molar-refractivity contribution < 1.29 is 26.3 Å². The first-order valence-electron chi connectivity index (χ1n) is 33.0. The Hall–Kier alpha value is -12.6. The molecule has 0 saturated heterocycles. The highest BCUT2D eigenvalue weighted by Crippen LogP contribution is 2.48. The third-order valence-electron chi connectivity index (χ3n) is 17.3. The molecule has 0 amide bonds. The van der Waals surface area contributed by atoms with Crippen molar-refractivity contribution in [2.45, 2.75) is 48.7 Å². The Morgan fingerprint density at radius 1 is 0.339 bits per heavy atom. The molecule has 0 aliphatic carbocycles. The minimum absolute atomic E-state index is 0. The summed E-state index contributed by atoms with van der Waals surface area (Å²) < 4.78 is 83.6. The highest BCUT2D eigenvalue weighted by atomic mass is 35.5. The van der Waals surface area contributed by atoms with Gasteiger partial charge in [-0.25, -0.2) is 9.36 Å². The van der Waals surface area contributed by atoms with Crippen molar-refractivity contribution in [3.05, 3.63) is 475 Å². The van der Waals surface area contributed by atoms with Crippen LogP contribution in [0.25, 0.3) is 10.4 Å². The second-order valence-electron chi connectivity index (χ2n) is 23.4. The van der Waals surface area contributed by atoms with Crippen LogP contribution in [-0.2, 0) is 33.8 Å². The summed E-state index contributed by atoms with van der Waals surface area (Å²) in [4.78, 5) is 2.18. The van der Waals surface area contributed by atoms with Gasteiger partial charge in [0.1, 0.15) is 21.5 Å². The fourth-order valence-electron chi connectivity index (χ4n) is 12.7. The van der Waals surface area contributed by atoms with Crippen molar-refractivity contribution in [1.82, 2.24) is 45.4 Å². The molecule has 0 radical (unpaired) electrons. The Bertz CT molecular complexity index is 5030. The Morgan fingerprint density at radius 2 is 0.624 bits per heavy atom. The molecule has 109 heavy (non-hydrogen) atoms. The minimum Gasteiger partial charge on any atom is -0.233 e. The molecule has 0 aliphatic rings. The van der Waals surface area contributed by atoms with E-state index < -0.39 is 45.0 Å². The SMILES string of the molecule is C.C.C#C.Clc1ccccc1C(Cl)(c1ccccc1)c1ccccc1.Clc1ccccc1C(c1ccccc1)(c1ccccc1)n1ccnn1.FC(F)(F)c1cccc(C(c2ccccc2)(c2ccccc2)n2ccnn2)c1.[N-]=[N+]=NC(c1ccccc1)(c1ccccc1)c1cccc(C(F)(F)F)c1.c1cn[nH]n1. The summed E-state index contributed by atoms with van der Waals surface area (Å²) in [6, 6.07) is 103. The Kier molecular flexibility index (Phi) is 29.0.